The van der Waals surface area contributed by atoms with Crippen molar-refractivity contribution in [2.45, 2.75) is 51.1 Å². The monoisotopic (exact) mass is 239 g/mol. The van der Waals surface area contributed by atoms with E-state index in [0.29, 0.717) is 18.5 Å². The van der Waals surface area contributed by atoms with Gasteiger partial charge in [-0.25, -0.2) is 0 Å². The highest BCUT2D eigenvalue weighted by atomic mass is 16.1. The van der Waals surface area contributed by atoms with Crippen molar-refractivity contribution in [3.8, 4) is 0 Å². The predicted molar refractivity (Wildman–Crippen MR) is 68.9 cm³/mol. The first-order valence-electron chi connectivity index (χ1n) is 7.03. The molecule has 1 atom stereocenters. The minimum absolute atomic E-state index is 0.195. The second-order valence-electron chi connectivity index (χ2n) is 5.21. The van der Waals surface area contributed by atoms with Crippen LogP contribution in [0.15, 0.2) is 0 Å². The zero-order chi connectivity index (χ0) is 12.1. The van der Waals surface area contributed by atoms with Gasteiger partial charge in [0.25, 0.3) is 0 Å². The Balaban J connectivity index is 1.55. The molecule has 2 aliphatic rings. The van der Waals surface area contributed by atoms with Crippen LogP contribution in [0.1, 0.15) is 39.0 Å². The minimum atomic E-state index is 0.195. The molecular weight excluding hydrogens is 214 g/mol. The maximum Gasteiger partial charge on any atom is 0.221 e. The van der Waals surface area contributed by atoms with Crippen LogP contribution in [0, 0.1) is 0 Å². The van der Waals surface area contributed by atoms with E-state index in [-0.39, 0.29) is 5.91 Å². The van der Waals surface area contributed by atoms with Gasteiger partial charge in [-0.15, -0.1) is 0 Å². The molecule has 17 heavy (non-hydrogen) atoms. The summed E-state index contributed by atoms with van der Waals surface area (Å²) in [5.74, 6) is 0.195. The number of carbonyl (C=O) groups is 1. The third-order valence-electron chi connectivity index (χ3n) is 3.80. The average molecular weight is 239 g/mol. The van der Waals surface area contributed by atoms with Crippen molar-refractivity contribution in [3.05, 3.63) is 0 Å². The summed E-state index contributed by atoms with van der Waals surface area (Å²) in [5.41, 5.74) is 0. The molecule has 4 nitrogen and oxygen atoms in total. The lowest BCUT2D eigenvalue weighted by Crippen LogP contribution is -2.40. The molecular formula is C13H25N3O. The van der Waals surface area contributed by atoms with Crippen LogP contribution >= 0.6 is 0 Å². The molecule has 1 unspecified atom stereocenters. The zero-order valence-electron chi connectivity index (χ0n) is 10.9. The molecule has 0 radical (unpaired) electrons. The second kappa shape index (κ2) is 6.36. The molecule has 1 heterocycles. The van der Waals surface area contributed by atoms with Crippen molar-refractivity contribution >= 4 is 5.91 Å². The van der Waals surface area contributed by atoms with E-state index in [1.165, 1.54) is 32.2 Å². The largest absolute Gasteiger partial charge is 0.354 e. The number of nitrogens with one attached hydrogen (secondary N) is 2. The fourth-order valence-corrected chi connectivity index (χ4v) is 2.54. The average Bonchev–Trinajstić information content (AvgIpc) is 3.03. The summed E-state index contributed by atoms with van der Waals surface area (Å²) in [7, 11) is 0. The van der Waals surface area contributed by atoms with Crippen LogP contribution in [-0.4, -0.2) is 49.1 Å². The van der Waals surface area contributed by atoms with Crippen LogP contribution in [-0.2, 0) is 4.79 Å². The van der Waals surface area contributed by atoms with Crippen molar-refractivity contribution in [1.82, 2.24) is 15.5 Å². The minimum Gasteiger partial charge on any atom is -0.354 e. The molecule has 2 fully saturated rings. The smallest absolute Gasteiger partial charge is 0.221 e. The highest BCUT2D eigenvalue weighted by Crippen LogP contribution is 2.18. The summed E-state index contributed by atoms with van der Waals surface area (Å²) < 4.78 is 0. The van der Waals surface area contributed by atoms with Gasteiger partial charge in [0.15, 0.2) is 0 Å². The Kier molecular flexibility index (Phi) is 4.80. The Labute approximate surface area is 104 Å². The molecule has 0 spiro atoms. The van der Waals surface area contributed by atoms with E-state index in [1.54, 1.807) is 0 Å². The third kappa shape index (κ3) is 4.28. The fourth-order valence-electron chi connectivity index (χ4n) is 2.54. The number of likely N-dealkylation sites (N-methyl/N-ethyl adjacent to an activating group) is 1. The lowest BCUT2D eigenvalue weighted by molar-refractivity contribution is -0.121. The predicted octanol–water partition coefficient (Wildman–Crippen LogP) is 0.729. The Morgan fingerprint density at radius 2 is 2.18 bits per heavy atom. The number of likely N-dealkylation sites (tertiary alicyclic amines) is 1. The van der Waals surface area contributed by atoms with E-state index >= 15 is 0 Å². The highest BCUT2D eigenvalue weighted by Gasteiger charge is 2.23. The molecule has 0 aromatic heterocycles. The number of nitrogens with zero attached hydrogens (tertiary/aromatic N) is 1. The molecule has 1 saturated carbocycles. The van der Waals surface area contributed by atoms with E-state index in [9.17, 15) is 4.79 Å². The summed E-state index contributed by atoms with van der Waals surface area (Å²) in [6, 6.07) is 1.27. The van der Waals surface area contributed by atoms with Gasteiger partial charge in [0.2, 0.25) is 5.91 Å². The molecule has 1 amide bonds. The molecule has 98 valence electrons. The normalized spacial score (nSPS) is 25.1. The number of carbonyl (C=O) groups excluding carboxylic acids is 1. The van der Waals surface area contributed by atoms with Gasteiger partial charge >= 0.3 is 0 Å². The molecule has 0 aromatic carbocycles. The number of rotatable bonds is 7. The molecule has 2 N–H and O–H groups in total. The first-order valence-corrected chi connectivity index (χ1v) is 7.03. The summed E-state index contributed by atoms with van der Waals surface area (Å²) in [6.07, 6.45) is 5.70. The lowest BCUT2D eigenvalue weighted by atomic mass is 10.2. The van der Waals surface area contributed by atoms with Crippen molar-refractivity contribution in [1.29, 1.82) is 0 Å². The van der Waals surface area contributed by atoms with Crippen LogP contribution < -0.4 is 10.6 Å². The fraction of sp³-hybridized carbons (Fsp3) is 0.923. The number of hydrogen-bond acceptors (Lipinski definition) is 3. The molecule has 2 rings (SSSR count). The topological polar surface area (TPSA) is 44.4 Å². The van der Waals surface area contributed by atoms with Gasteiger partial charge in [-0.05, 0) is 38.8 Å². The van der Waals surface area contributed by atoms with Crippen molar-refractivity contribution in [2.75, 3.05) is 26.2 Å². The first-order chi connectivity index (χ1) is 8.29. The van der Waals surface area contributed by atoms with Crippen LogP contribution in [0.5, 0.6) is 0 Å². The Morgan fingerprint density at radius 1 is 1.35 bits per heavy atom. The van der Waals surface area contributed by atoms with E-state index in [4.69, 9.17) is 0 Å². The summed E-state index contributed by atoms with van der Waals surface area (Å²) in [4.78, 5) is 14.1. The van der Waals surface area contributed by atoms with Gasteiger partial charge < -0.3 is 10.6 Å². The standard InChI is InChI=1S/C13H25N3O/c1-2-16-9-3-4-12(16)10-15-13(17)7-8-14-11-5-6-11/h11-12,14H,2-10H2,1H3,(H,15,17). The number of hydrogen-bond donors (Lipinski definition) is 2. The SMILES string of the molecule is CCN1CCCC1CNC(=O)CCNC1CC1. The van der Waals surface area contributed by atoms with Crippen molar-refractivity contribution < 1.29 is 4.79 Å². The second-order valence-corrected chi connectivity index (χ2v) is 5.21. The Morgan fingerprint density at radius 3 is 2.88 bits per heavy atom. The Hall–Kier alpha value is -0.610. The number of amides is 1. The van der Waals surface area contributed by atoms with Crippen molar-refractivity contribution in [3.63, 3.8) is 0 Å². The third-order valence-corrected chi connectivity index (χ3v) is 3.80. The highest BCUT2D eigenvalue weighted by molar-refractivity contribution is 5.76. The Bertz CT molecular complexity index is 253. The van der Waals surface area contributed by atoms with Crippen molar-refractivity contribution in [2.24, 2.45) is 0 Å². The maximum absolute atomic E-state index is 11.6. The van der Waals surface area contributed by atoms with Crippen LogP contribution in [0.2, 0.25) is 0 Å². The van der Waals surface area contributed by atoms with Gasteiger partial charge in [0.05, 0.1) is 0 Å². The van der Waals surface area contributed by atoms with Crippen LogP contribution in [0.3, 0.4) is 0 Å². The van der Waals surface area contributed by atoms with E-state index in [2.05, 4.69) is 22.5 Å². The molecule has 1 aliphatic carbocycles. The lowest BCUT2D eigenvalue weighted by Gasteiger charge is -2.22. The zero-order valence-corrected chi connectivity index (χ0v) is 10.9. The van der Waals surface area contributed by atoms with E-state index in [0.717, 1.165) is 19.6 Å². The van der Waals surface area contributed by atoms with Gasteiger partial charge in [-0.2, -0.15) is 0 Å². The maximum atomic E-state index is 11.6. The molecule has 1 aliphatic heterocycles. The van der Waals surface area contributed by atoms with Gasteiger partial charge in [-0.3, -0.25) is 9.69 Å². The summed E-state index contributed by atoms with van der Waals surface area (Å²) in [5, 5.41) is 6.43. The summed E-state index contributed by atoms with van der Waals surface area (Å²) >= 11 is 0. The van der Waals surface area contributed by atoms with Crippen LogP contribution in [0.25, 0.3) is 0 Å². The molecule has 1 saturated heterocycles. The van der Waals surface area contributed by atoms with Gasteiger partial charge in [0.1, 0.15) is 0 Å². The van der Waals surface area contributed by atoms with E-state index < -0.39 is 0 Å². The molecule has 4 heteroatoms. The van der Waals surface area contributed by atoms with E-state index in [1.807, 2.05) is 0 Å². The quantitative estimate of drug-likeness (QED) is 0.688. The molecule has 0 bridgehead atoms. The van der Waals surface area contributed by atoms with Crippen LogP contribution in [0.4, 0.5) is 0 Å². The van der Waals surface area contributed by atoms with Gasteiger partial charge in [-0.1, -0.05) is 6.92 Å². The first kappa shape index (κ1) is 12.8. The molecule has 0 aromatic rings. The summed E-state index contributed by atoms with van der Waals surface area (Å²) in [6.45, 7) is 6.15. The van der Waals surface area contributed by atoms with Gasteiger partial charge in [0, 0.05) is 31.6 Å².